The van der Waals surface area contributed by atoms with Crippen LogP contribution in [0.1, 0.15) is 42.6 Å². The van der Waals surface area contributed by atoms with E-state index >= 15 is 0 Å². The molecule has 1 aliphatic carbocycles. The number of rotatable bonds is 4. The van der Waals surface area contributed by atoms with E-state index in [1.165, 1.54) is 32.1 Å². The van der Waals surface area contributed by atoms with Gasteiger partial charge in [0, 0.05) is 11.3 Å². The smallest absolute Gasteiger partial charge is 0.269 e. The van der Waals surface area contributed by atoms with Gasteiger partial charge in [-0.3, -0.25) is 4.79 Å². The fraction of sp³-hybridized carbons (Fsp3) is 0.571. The second-order valence-corrected chi connectivity index (χ2v) is 6.64. The Labute approximate surface area is 123 Å². The highest BCUT2D eigenvalue weighted by molar-refractivity contribution is 8.00. The van der Waals surface area contributed by atoms with Crippen LogP contribution in [-0.4, -0.2) is 28.4 Å². The van der Waals surface area contributed by atoms with Crippen molar-refractivity contribution in [1.82, 2.24) is 10.3 Å². The van der Waals surface area contributed by atoms with Crippen molar-refractivity contribution in [2.45, 2.75) is 36.9 Å². The Morgan fingerprint density at radius 2 is 2.16 bits per heavy atom. The molecule has 104 valence electrons. The fourth-order valence-corrected chi connectivity index (χ4v) is 3.59. The summed E-state index contributed by atoms with van der Waals surface area (Å²) in [5, 5.41) is 3.36. The van der Waals surface area contributed by atoms with Gasteiger partial charge in [0.05, 0.1) is 0 Å². The number of hydrogen-bond donors (Lipinski definition) is 1. The summed E-state index contributed by atoms with van der Waals surface area (Å²) in [5.41, 5.74) is 0.388. The molecular weight excluding hydrogens is 280 g/mol. The SMILES string of the molecule is CSC1(CNC(=O)c2cccc(Cl)n2)CCCCC1. The van der Waals surface area contributed by atoms with Crippen LogP contribution in [0.15, 0.2) is 18.2 Å². The lowest BCUT2D eigenvalue weighted by atomic mass is 9.88. The maximum atomic E-state index is 12.1. The molecule has 1 aliphatic rings. The monoisotopic (exact) mass is 298 g/mol. The predicted octanol–water partition coefficient (Wildman–Crippen LogP) is 3.53. The topological polar surface area (TPSA) is 42.0 Å². The van der Waals surface area contributed by atoms with Crippen LogP contribution in [0.5, 0.6) is 0 Å². The molecule has 1 aromatic rings. The largest absolute Gasteiger partial charge is 0.349 e. The molecule has 0 spiro atoms. The zero-order chi connectivity index (χ0) is 13.7. The third-order valence-corrected chi connectivity index (χ3v) is 5.35. The lowest BCUT2D eigenvalue weighted by Crippen LogP contribution is -2.42. The highest BCUT2D eigenvalue weighted by Gasteiger charge is 2.31. The van der Waals surface area contributed by atoms with E-state index in [-0.39, 0.29) is 10.7 Å². The molecule has 1 N–H and O–H groups in total. The minimum atomic E-state index is -0.138. The van der Waals surface area contributed by atoms with Crippen LogP contribution in [-0.2, 0) is 0 Å². The lowest BCUT2D eigenvalue weighted by Gasteiger charge is -2.35. The normalized spacial score (nSPS) is 18.0. The molecule has 3 nitrogen and oxygen atoms in total. The number of hydrogen-bond acceptors (Lipinski definition) is 3. The Bertz CT molecular complexity index is 447. The van der Waals surface area contributed by atoms with E-state index in [0.29, 0.717) is 17.4 Å². The summed E-state index contributed by atoms with van der Waals surface area (Å²) in [6.07, 6.45) is 8.31. The Balaban J connectivity index is 1.95. The van der Waals surface area contributed by atoms with E-state index < -0.39 is 0 Å². The first-order valence-electron chi connectivity index (χ1n) is 6.61. The number of carbonyl (C=O) groups excluding carboxylic acids is 1. The summed E-state index contributed by atoms with van der Waals surface area (Å²) in [6.45, 7) is 0.710. The standard InChI is InChI=1S/C14H19ClN2OS/c1-19-14(8-3-2-4-9-14)10-16-13(18)11-6-5-7-12(15)17-11/h5-7H,2-4,8-10H2,1H3,(H,16,18). The molecule has 0 saturated heterocycles. The maximum absolute atomic E-state index is 12.1. The van der Waals surface area contributed by atoms with Crippen molar-refractivity contribution in [3.05, 3.63) is 29.0 Å². The number of halogens is 1. The summed E-state index contributed by atoms with van der Waals surface area (Å²) in [5.74, 6) is -0.138. The van der Waals surface area contributed by atoms with Gasteiger partial charge in [0.15, 0.2) is 0 Å². The van der Waals surface area contributed by atoms with E-state index in [9.17, 15) is 4.79 Å². The minimum absolute atomic E-state index is 0.138. The second-order valence-electron chi connectivity index (χ2n) is 4.98. The molecule has 19 heavy (non-hydrogen) atoms. The summed E-state index contributed by atoms with van der Waals surface area (Å²) in [4.78, 5) is 16.1. The van der Waals surface area contributed by atoms with Crippen molar-refractivity contribution in [3.8, 4) is 0 Å². The van der Waals surface area contributed by atoms with Gasteiger partial charge in [0.25, 0.3) is 5.91 Å². The summed E-state index contributed by atoms with van der Waals surface area (Å²) < 4.78 is 0.201. The van der Waals surface area contributed by atoms with Gasteiger partial charge in [0.1, 0.15) is 10.8 Å². The quantitative estimate of drug-likeness (QED) is 0.865. The lowest BCUT2D eigenvalue weighted by molar-refractivity contribution is 0.0942. The Hall–Kier alpha value is -0.740. The average molecular weight is 299 g/mol. The van der Waals surface area contributed by atoms with Gasteiger partial charge < -0.3 is 5.32 Å². The van der Waals surface area contributed by atoms with Crippen LogP contribution >= 0.6 is 23.4 Å². The van der Waals surface area contributed by atoms with Crippen molar-refractivity contribution in [3.63, 3.8) is 0 Å². The van der Waals surface area contributed by atoms with Gasteiger partial charge in [-0.25, -0.2) is 4.98 Å². The van der Waals surface area contributed by atoms with Gasteiger partial charge in [0.2, 0.25) is 0 Å². The van der Waals surface area contributed by atoms with Crippen LogP contribution in [0.2, 0.25) is 5.15 Å². The van der Waals surface area contributed by atoms with E-state index in [0.717, 1.165) is 0 Å². The van der Waals surface area contributed by atoms with Crippen molar-refractivity contribution in [2.75, 3.05) is 12.8 Å². The highest BCUT2D eigenvalue weighted by Crippen LogP contribution is 2.37. The Kier molecular flexibility index (Phi) is 5.11. The third kappa shape index (κ3) is 3.86. The molecule has 0 bridgehead atoms. The van der Waals surface area contributed by atoms with E-state index in [2.05, 4.69) is 16.6 Å². The van der Waals surface area contributed by atoms with Gasteiger partial charge >= 0.3 is 0 Å². The highest BCUT2D eigenvalue weighted by atomic mass is 35.5. The minimum Gasteiger partial charge on any atom is -0.349 e. The van der Waals surface area contributed by atoms with Gasteiger partial charge in [-0.2, -0.15) is 11.8 Å². The number of amides is 1. The molecule has 2 rings (SSSR count). The molecule has 0 aliphatic heterocycles. The molecule has 0 unspecified atom stereocenters. The molecule has 0 radical (unpaired) electrons. The van der Waals surface area contributed by atoms with Crippen LogP contribution in [0.3, 0.4) is 0 Å². The molecular formula is C14H19ClN2OS. The summed E-state index contributed by atoms with van der Waals surface area (Å²) in [6, 6.07) is 5.10. The van der Waals surface area contributed by atoms with Crippen molar-refractivity contribution < 1.29 is 4.79 Å². The molecule has 5 heteroatoms. The van der Waals surface area contributed by atoms with Gasteiger partial charge in [-0.15, -0.1) is 0 Å². The fourth-order valence-electron chi connectivity index (χ4n) is 2.52. The molecule has 0 aromatic carbocycles. The van der Waals surface area contributed by atoms with E-state index in [1.807, 2.05) is 11.8 Å². The van der Waals surface area contributed by atoms with Gasteiger partial charge in [-0.1, -0.05) is 36.9 Å². The van der Waals surface area contributed by atoms with Crippen molar-refractivity contribution in [2.24, 2.45) is 0 Å². The number of thioether (sulfide) groups is 1. The van der Waals surface area contributed by atoms with Crippen LogP contribution in [0.4, 0.5) is 0 Å². The summed E-state index contributed by atoms with van der Waals surface area (Å²) in [7, 11) is 0. The Morgan fingerprint density at radius 1 is 1.42 bits per heavy atom. The molecule has 0 atom stereocenters. The van der Waals surface area contributed by atoms with Crippen molar-refractivity contribution >= 4 is 29.3 Å². The maximum Gasteiger partial charge on any atom is 0.269 e. The Morgan fingerprint density at radius 3 is 2.79 bits per heavy atom. The predicted molar refractivity (Wildman–Crippen MR) is 80.9 cm³/mol. The number of nitrogens with zero attached hydrogens (tertiary/aromatic N) is 1. The van der Waals surface area contributed by atoms with Crippen molar-refractivity contribution in [1.29, 1.82) is 0 Å². The van der Waals surface area contributed by atoms with Gasteiger partial charge in [-0.05, 0) is 31.2 Å². The first-order chi connectivity index (χ1) is 9.15. The number of pyridine rings is 1. The van der Waals surface area contributed by atoms with E-state index in [1.54, 1.807) is 18.2 Å². The zero-order valence-electron chi connectivity index (χ0n) is 11.1. The van der Waals surface area contributed by atoms with Crippen LogP contribution in [0.25, 0.3) is 0 Å². The third-order valence-electron chi connectivity index (χ3n) is 3.72. The first-order valence-corrected chi connectivity index (χ1v) is 8.21. The molecule has 1 fully saturated rings. The number of aromatic nitrogens is 1. The number of nitrogens with one attached hydrogen (secondary N) is 1. The zero-order valence-corrected chi connectivity index (χ0v) is 12.7. The van der Waals surface area contributed by atoms with Crippen LogP contribution in [0, 0.1) is 0 Å². The second kappa shape index (κ2) is 6.62. The molecule has 1 amide bonds. The molecule has 1 saturated carbocycles. The molecule has 1 aromatic heterocycles. The summed E-state index contributed by atoms with van der Waals surface area (Å²) >= 11 is 7.67. The molecule has 1 heterocycles. The first kappa shape index (κ1) is 14.7. The van der Waals surface area contributed by atoms with E-state index in [4.69, 9.17) is 11.6 Å². The average Bonchev–Trinajstić information content (AvgIpc) is 2.46. The number of carbonyl (C=O) groups is 1. The van der Waals surface area contributed by atoms with Crippen LogP contribution < -0.4 is 5.32 Å².